The molecular formula is C28H30F3N5O. The van der Waals surface area contributed by atoms with Crippen molar-refractivity contribution in [1.29, 1.82) is 0 Å². The Morgan fingerprint density at radius 2 is 1.78 bits per heavy atom. The fourth-order valence-electron chi connectivity index (χ4n) is 5.28. The van der Waals surface area contributed by atoms with Gasteiger partial charge in [-0.25, -0.2) is 9.97 Å². The van der Waals surface area contributed by atoms with Crippen molar-refractivity contribution in [2.45, 2.75) is 62.5 Å². The molecule has 9 heteroatoms. The highest BCUT2D eigenvalue weighted by Gasteiger charge is 2.50. The maximum absolute atomic E-state index is 13.8. The highest BCUT2D eigenvalue weighted by atomic mass is 19.4. The van der Waals surface area contributed by atoms with Crippen LogP contribution in [0.2, 0.25) is 0 Å². The number of pyridine rings is 1. The SMILES string of the molecule is NC(=O)C1(c2ccccc2CCc2nc(Cc3ccc(C4CCNCC4)nc3)ncc2C(F)(F)F)CC1. The average Bonchev–Trinajstić information content (AvgIpc) is 3.70. The summed E-state index contributed by atoms with van der Waals surface area (Å²) in [5.41, 5.74) is 7.61. The standard InChI is InChI=1S/C28H30F3N5O/c29-28(30,31)22-17-35-25(15-18-5-7-23(34-16-18)20-9-13-33-14-10-20)36-24(22)8-6-19-3-1-2-4-21(19)27(11-12-27)26(32)37/h1-5,7,16-17,20,33H,6,8-15H2,(H2,32,37). The lowest BCUT2D eigenvalue weighted by atomic mass is 9.88. The number of amides is 1. The topological polar surface area (TPSA) is 93.8 Å². The first-order valence-corrected chi connectivity index (χ1v) is 12.7. The van der Waals surface area contributed by atoms with Gasteiger partial charge in [0, 0.05) is 30.4 Å². The monoisotopic (exact) mass is 509 g/mol. The van der Waals surface area contributed by atoms with Crippen LogP contribution >= 0.6 is 0 Å². The molecule has 2 fully saturated rings. The molecule has 1 saturated carbocycles. The van der Waals surface area contributed by atoms with E-state index in [1.54, 1.807) is 6.20 Å². The zero-order valence-corrected chi connectivity index (χ0v) is 20.5. The van der Waals surface area contributed by atoms with Crippen molar-refractivity contribution < 1.29 is 18.0 Å². The van der Waals surface area contributed by atoms with Crippen molar-refractivity contribution in [3.05, 3.63) is 88.3 Å². The Hall–Kier alpha value is -3.33. The third kappa shape index (κ3) is 5.51. The Labute approximate surface area is 213 Å². The zero-order valence-electron chi connectivity index (χ0n) is 20.5. The van der Waals surface area contributed by atoms with Crippen LogP contribution in [0, 0.1) is 0 Å². The van der Waals surface area contributed by atoms with E-state index in [0.717, 1.165) is 54.5 Å². The van der Waals surface area contributed by atoms with Gasteiger partial charge in [0.2, 0.25) is 5.91 Å². The lowest BCUT2D eigenvalue weighted by Crippen LogP contribution is -2.29. The van der Waals surface area contributed by atoms with Crippen molar-refractivity contribution in [1.82, 2.24) is 20.3 Å². The summed E-state index contributed by atoms with van der Waals surface area (Å²) in [6.07, 6.45) is 2.19. The highest BCUT2D eigenvalue weighted by molar-refractivity contribution is 5.90. The second-order valence-corrected chi connectivity index (χ2v) is 10.0. The number of carbonyl (C=O) groups excluding carboxylic acids is 1. The minimum absolute atomic E-state index is 0.0458. The van der Waals surface area contributed by atoms with E-state index in [1.807, 2.05) is 36.4 Å². The Morgan fingerprint density at radius 3 is 2.43 bits per heavy atom. The number of nitrogens with two attached hydrogens (primary N) is 1. The number of primary amides is 1. The van der Waals surface area contributed by atoms with Crippen LogP contribution < -0.4 is 11.1 Å². The largest absolute Gasteiger partial charge is 0.419 e. The molecule has 1 aromatic carbocycles. The van der Waals surface area contributed by atoms with Crippen molar-refractivity contribution >= 4 is 5.91 Å². The third-order valence-corrected chi connectivity index (χ3v) is 7.58. The molecule has 37 heavy (non-hydrogen) atoms. The van der Waals surface area contributed by atoms with Crippen LogP contribution in [0.1, 0.15) is 71.1 Å². The van der Waals surface area contributed by atoms with Crippen molar-refractivity contribution in [2.24, 2.45) is 5.73 Å². The maximum Gasteiger partial charge on any atom is 0.419 e. The first-order chi connectivity index (χ1) is 17.8. The number of carbonyl (C=O) groups is 1. The lowest BCUT2D eigenvalue weighted by Gasteiger charge is -2.22. The summed E-state index contributed by atoms with van der Waals surface area (Å²) >= 11 is 0. The number of aryl methyl sites for hydroxylation is 2. The van der Waals surface area contributed by atoms with Crippen LogP contribution in [0.5, 0.6) is 0 Å². The van der Waals surface area contributed by atoms with Gasteiger partial charge in [0.15, 0.2) is 0 Å². The van der Waals surface area contributed by atoms with Gasteiger partial charge in [0.25, 0.3) is 0 Å². The van der Waals surface area contributed by atoms with Crippen LogP contribution in [0.15, 0.2) is 48.8 Å². The normalized spacial score (nSPS) is 17.5. The fraction of sp³-hybridized carbons (Fsp3) is 0.429. The molecule has 3 aromatic rings. The molecule has 5 rings (SSSR count). The zero-order chi connectivity index (χ0) is 26.0. The van der Waals surface area contributed by atoms with Crippen LogP contribution in [-0.4, -0.2) is 33.9 Å². The van der Waals surface area contributed by atoms with Crippen molar-refractivity contribution in [2.75, 3.05) is 13.1 Å². The molecular weight excluding hydrogens is 479 g/mol. The van der Waals surface area contributed by atoms with Crippen molar-refractivity contribution in [3.63, 3.8) is 0 Å². The molecule has 1 aliphatic carbocycles. The Bertz CT molecular complexity index is 1270. The summed E-state index contributed by atoms with van der Waals surface area (Å²) in [6.45, 7) is 1.95. The molecule has 1 saturated heterocycles. The van der Waals surface area contributed by atoms with Gasteiger partial charge >= 0.3 is 6.18 Å². The van der Waals surface area contributed by atoms with Crippen LogP contribution in [0.4, 0.5) is 13.2 Å². The van der Waals surface area contributed by atoms with E-state index in [1.165, 1.54) is 0 Å². The lowest BCUT2D eigenvalue weighted by molar-refractivity contribution is -0.138. The number of alkyl halides is 3. The summed E-state index contributed by atoms with van der Waals surface area (Å²) < 4.78 is 41.3. The number of halogens is 3. The molecule has 3 heterocycles. The molecule has 0 bridgehead atoms. The smallest absolute Gasteiger partial charge is 0.369 e. The summed E-state index contributed by atoms with van der Waals surface area (Å²) in [4.78, 5) is 25.1. The van der Waals surface area contributed by atoms with Gasteiger partial charge in [0.1, 0.15) is 5.82 Å². The Kier molecular flexibility index (Phi) is 6.98. The molecule has 3 N–H and O–H groups in total. The summed E-state index contributed by atoms with van der Waals surface area (Å²) in [5, 5.41) is 3.34. The predicted molar refractivity (Wildman–Crippen MR) is 133 cm³/mol. The van der Waals surface area contributed by atoms with Crippen LogP contribution in [0.3, 0.4) is 0 Å². The third-order valence-electron chi connectivity index (χ3n) is 7.58. The van der Waals surface area contributed by atoms with Gasteiger partial charge in [-0.2, -0.15) is 13.2 Å². The van der Waals surface area contributed by atoms with Gasteiger partial charge in [-0.05, 0) is 74.4 Å². The van der Waals surface area contributed by atoms with Crippen LogP contribution in [-0.2, 0) is 35.6 Å². The minimum Gasteiger partial charge on any atom is -0.369 e. The predicted octanol–water partition coefficient (Wildman–Crippen LogP) is 4.25. The molecule has 0 atom stereocenters. The molecule has 1 aliphatic heterocycles. The fourth-order valence-corrected chi connectivity index (χ4v) is 5.28. The van der Waals surface area contributed by atoms with Crippen LogP contribution in [0.25, 0.3) is 0 Å². The molecule has 0 radical (unpaired) electrons. The molecule has 194 valence electrons. The molecule has 2 aliphatic rings. The summed E-state index contributed by atoms with van der Waals surface area (Å²) in [7, 11) is 0. The van der Waals surface area contributed by atoms with Gasteiger partial charge in [-0.15, -0.1) is 0 Å². The van der Waals surface area contributed by atoms with Gasteiger partial charge < -0.3 is 11.1 Å². The first kappa shape index (κ1) is 25.3. The van der Waals surface area contributed by atoms with E-state index >= 15 is 0 Å². The van der Waals surface area contributed by atoms with E-state index in [0.29, 0.717) is 37.4 Å². The number of nitrogens with one attached hydrogen (secondary N) is 1. The minimum atomic E-state index is -4.56. The number of hydrogen-bond acceptors (Lipinski definition) is 5. The maximum atomic E-state index is 13.8. The quantitative estimate of drug-likeness (QED) is 0.474. The summed E-state index contributed by atoms with van der Waals surface area (Å²) in [5.74, 6) is 0.361. The highest BCUT2D eigenvalue weighted by Crippen LogP contribution is 2.49. The number of hydrogen-bond donors (Lipinski definition) is 2. The number of benzene rings is 1. The van der Waals surface area contributed by atoms with Crippen molar-refractivity contribution in [3.8, 4) is 0 Å². The van der Waals surface area contributed by atoms with Gasteiger partial charge in [-0.1, -0.05) is 30.3 Å². The molecule has 6 nitrogen and oxygen atoms in total. The van der Waals surface area contributed by atoms with Gasteiger partial charge in [0.05, 0.1) is 16.7 Å². The van der Waals surface area contributed by atoms with Gasteiger partial charge in [-0.3, -0.25) is 9.78 Å². The molecule has 1 amide bonds. The van der Waals surface area contributed by atoms with E-state index < -0.39 is 17.2 Å². The molecule has 0 spiro atoms. The number of aromatic nitrogens is 3. The number of piperidine rings is 1. The number of nitrogens with zero attached hydrogens (tertiary/aromatic N) is 3. The average molecular weight is 510 g/mol. The van der Waals surface area contributed by atoms with E-state index in [-0.39, 0.29) is 18.0 Å². The second-order valence-electron chi connectivity index (χ2n) is 10.0. The summed E-state index contributed by atoms with van der Waals surface area (Å²) in [6, 6.07) is 11.3. The van der Waals surface area contributed by atoms with E-state index in [4.69, 9.17) is 5.73 Å². The number of rotatable bonds is 8. The molecule has 0 unspecified atom stereocenters. The first-order valence-electron chi connectivity index (χ1n) is 12.7. The Morgan fingerprint density at radius 1 is 1.03 bits per heavy atom. The Balaban J connectivity index is 1.35. The van der Waals surface area contributed by atoms with E-state index in [2.05, 4.69) is 20.3 Å². The second kappa shape index (κ2) is 10.2. The molecule has 2 aromatic heterocycles. The van der Waals surface area contributed by atoms with E-state index in [9.17, 15) is 18.0 Å².